The summed E-state index contributed by atoms with van der Waals surface area (Å²) in [7, 11) is 2.29. The van der Waals surface area contributed by atoms with Gasteiger partial charge in [0.2, 0.25) is 0 Å². The van der Waals surface area contributed by atoms with Crippen LogP contribution in [0.3, 0.4) is 0 Å². The maximum absolute atomic E-state index is 17.3. The maximum atomic E-state index is 17.3. The highest BCUT2D eigenvalue weighted by atomic mass is 19.2. The fourth-order valence-corrected chi connectivity index (χ4v) is 12.4. The molecule has 95 heavy (non-hydrogen) atoms. The number of fused-ring (bicyclic) bond motifs is 4. The molecule has 0 fully saturated rings. The minimum Gasteiger partial charge on any atom is -0.305 e. The molecule has 0 amide bonds. The molecular formula is C65H46BF28N. The third kappa shape index (κ3) is 12.3. The summed E-state index contributed by atoms with van der Waals surface area (Å²) >= 11 is 0. The molecule has 0 spiro atoms. The van der Waals surface area contributed by atoms with Crippen molar-refractivity contribution in [1.82, 2.24) is 0 Å². The largest absolute Gasteiger partial charge is 0.305 e. The van der Waals surface area contributed by atoms with Gasteiger partial charge in [0.25, 0.3) is 0 Å². The van der Waals surface area contributed by atoms with Crippen LogP contribution in [0.25, 0.3) is 43.1 Å². The van der Waals surface area contributed by atoms with Crippen molar-refractivity contribution < 1.29 is 128 Å². The molecule has 0 aromatic heterocycles. The summed E-state index contributed by atoms with van der Waals surface area (Å²) in [5, 5.41) is -27.0. The average Bonchev–Trinajstić information content (AvgIpc) is 0.663. The van der Waals surface area contributed by atoms with E-state index in [9.17, 15) is 17.6 Å². The molecule has 0 heterocycles. The number of unbranched alkanes of at least 4 members (excludes halogenated alkanes) is 15. The second-order valence-corrected chi connectivity index (χ2v) is 22.5. The molecule has 510 valence electrons. The first-order valence-corrected chi connectivity index (χ1v) is 29.2. The molecule has 0 bridgehead atoms. The Bertz CT molecular complexity index is 3980. The molecule has 9 rings (SSSR count). The van der Waals surface area contributed by atoms with E-state index in [0.717, 1.165) is 0 Å². The van der Waals surface area contributed by atoms with Gasteiger partial charge in [-0.3, -0.25) is 0 Å². The Morgan fingerprint density at radius 2 is 0.400 bits per heavy atom. The van der Waals surface area contributed by atoms with Gasteiger partial charge in [0.15, 0.2) is 140 Å². The predicted molar refractivity (Wildman–Crippen MR) is 296 cm³/mol. The summed E-state index contributed by atoms with van der Waals surface area (Å²) in [5.74, 6) is -104. The fraction of sp³-hybridized carbons (Fsp3) is 0.292. The van der Waals surface area contributed by atoms with Gasteiger partial charge >= 0.3 is 0 Å². The first-order chi connectivity index (χ1) is 44.8. The highest BCUT2D eigenvalue weighted by Gasteiger charge is 2.52. The van der Waals surface area contributed by atoms with Gasteiger partial charge in [0, 0.05) is 0 Å². The van der Waals surface area contributed by atoms with E-state index >= 15 is 105 Å². The molecular weight excluding hydrogens is 1340 g/mol. The number of quaternary nitrogens is 1. The van der Waals surface area contributed by atoms with Crippen LogP contribution < -0.4 is 26.8 Å². The average molecular weight is 1380 g/mol. The van der Waals surface area contributed by atoms with Crippen molar-refractivity contribution in [2.24, 2.45) is 0 Å². The Labute approximate surface area is 519 Å². The molecule has 1 unspecified atom stereocenters. The summed E-state index contributed by atoms with van der Waals surface area (Å²) in [4.78, 5) is 1.55. The van der Waals surface area contributed by atoms with E-state index in [1.54, 1.807) is 4.90 Å². The maximum Gasteiger partial charge on any atom is 0.198 e. The lowest BCUT2D eigenvalue weighted by Gasteiger charge is -2.47. The number of hydrogen-bond donors (Lipinski definition) is 1. The van der Waals surface area contributed by atoms with Crippen LogP contribution >= 0.6 is 0 Å². The van der Waals surface area contributed by atoms with E-state index in [2.05, 4.69) is 44.3 Å². The quantitative estimate of drug-likeness (QED) is 0.0227. The lowest BCUT2D eigenvalue weighted by molar-refractivity contribution is -0.810. The van der Waals surface area contributed by atoms with Crippen molar-refractivity contribution in [1.29, 1.82) is 0 Å². The summed E-state index contributed by atoms with van der Waals surface area (Å²) in [6, 6.07) is 10.9. The van der Waals surface area contributed by atoms with Gasteiger partial charge in [-0.25, -0.2) is 123 Å². The molecule has 0 saturated carbocycles. The van der Waals surface area contributed by atoms with E-state index in [-0.39, 0.29) is 0 Å². The fourth-order valence-electron chi connectivity index (χ4n) is 12.4. The number of rotatable bonds is 22. The van der Waals surface area contributed by atoms with Gasteiger partial charge in [-0.2, -0.15) is 0 Å². The summed E-state index contributed by atoms with van der Waals surface area (Å²) in [6.45, 7) is 3.56. The third-order valence-corrected chi connectivity index (χ3v) is 16.9. The van der Waals surface area contributed by atoms with Gasteiger partial charge in [0.05, 0.1) is 35.1 Å². The summed E-state index contributed by atoms with van der Waals surface area (Å²) in [6.07, 6.45) is 15.1. The molecule has 0 aliphatic rings. The Hall–Kier alpha value is -7.92. The molecule has 0 radical (unpaired) electrons. The summed E-state index contributed by atoms with van der Waals surface area (Å²) < 4.78 is 446. The van der Waals surface area contributed by atoms with Crippen molar-refractivity contribution >= 4 is 76.8 Å². The first kappa shape index (κ1) is 72.9. The second kappa shape index (κ2) is 29.2. The zero-order chi connectivity index (χ0) is 70.3. The number of halogens is 28. The second-order valence-electron chi connectivity index (χ2n) is 22.5. The van der Waals surface area contributed by atoms with Crippen LogP contribution in [0.5, 0.6) is 0 Å². The number of hydrogen-bond acceptors (Lipinski definition) is 0. The van der Waals surface area contributed by atoms with Crippen LogP contribution in [0.15, 0.2) is 30.3 Å². The molecule has 1 N–H and O–H groups in total. The van der Waals surface area contributed by atoms with Gasteiger partial charge in [-0.05, 0) is 46.5 Å². The molecule has 1 atom stereocenters. The topological polar surface area (TPSA) is 4.44 Å². The zero-order valence-corrected chi connectivity index (χ0v) is 49.1. The van der Waals surface area contributed by atoms with Gasteiger partial charge < -0.3 is 4.90 Å². The van der Waals surface area contributed by atoms with Crippen molar-refractivity contribution in [2.45, 2.75) is 110 Å². The highest BCUT2D eigenvalue weighted by Crippen LogP contribution is 2.42. The van der Waals surface area contributed by atoms with Gasteiger partial charge in [0.1, 0.15) is 35.1 Å². The van der Waals surface area contributed by atoms with Crippen molar-refractivity contribution in [3.8, 4) is 0 Å². The van der Waals surface area contributed by atoms with Crippen LogP contribution in [0.1, 0.15) is 110 Å². The van der Waals surface area contributed by atoms with Crippen LogP contribution in [-0.4, -0.2) is 19.7 Å². The predicted octanol–water partition coefficient (Wildman–Crippen LogP) is 18.7. The lowest BCUT2D eigenvalue weighted by atomic mass is 9.11. The zero-order valence-electron chi connectivity index (χ0n) is 49.1. The van der Waals surface area contributed by atoms with E-state index in [4.69, 9.17) is 0 Å². The van der Waals surface area contributed by atoms with Crippen molar-refractivity contribution in [3.63, 3.8) is 0 Å². The van der Waals surface area contributed by atoms with E-state index in [0.29, 0.717) is 0 Å². The minimum atomic E-state index is -8.05. The molecule has 0 aliphatic carbocycles. The minimum absolute atomic E-state index is 1.27. The van der Waals surface area contributed by atoms with Gasteiger partial charge in [-0.15, -0.1) is 21.9 Å². The molecule has 1 nitrogen and oxygen atoms in total. The number of nitrogens with one attached hydrogen (secondary N) is 1. The molecule has 0 aliphatic heterocycles. The highest BCUT2D eigenvalue weighted by molar-refractivity contribution is 7.23. The van der Waals surface area contributed by atoms with E-state index < -0.39 is 234 Å². The van der Waals surface area contributed by atoms with Gasteiger partial charge in [-0.1, -0.05) is 115 Å². The molecule has 9 aromatic rings. The van der Waals surface area contributed by atoms with Crippen LogP contribution in [0.2, 0.25) is 0 Å². The van der Waals surface area contributed by atoms with Crippen molar-refractivity contribution in [2.75, 3.05) is 13.6 Å². The Balaban J connectivity index is 0.000000374. The monoisotopic (exact) mass is 1380 g/mol. The van der Waals surface area contributed by atoms with Crippen molar-refractivity contribution in [3.05, 3.63) is 193 Å². The first-order valence-electron chi connectivity index (χ1n) is 29.2. The lowest BCUT2D eigenvalue weighted by Crippen LogP contribution is -3.03. The van der Waals surface area contributed by atoms with E-state index in [1.807, 2.05) is 0 Å². The smallest absolute Gasteiger partial charge is 0.198 e. The number of benzene rings is 9. The van der Waals surface area contributed by atoms with E-state index in [1.165, 1.54) is 115 Å². The Morgan fingerprint density at radius 3 is 0.611 bits per heavy atom. The van der Waals surface area contributed by atoms with Crippen LogP contribution in [0.4, 0.5) is 129 Å². The SMILES string of the molecule is CCCCCCCCCCCCCCCCCC[NH+](C)c1ccccc1.Fc1c(F)c(F)c2c([B-](c3c(F)c(F)c(F)c4c(F)c(F)c(F)c(F)c34)(c3c(F)c(F)c(F)c4c(F)c(F)c(F)c(F)c34)c3c(F)c(F)c(F)c4c(F)c(F)c(F)c(F)c34)c(F)c(F)c(F)c2c1F. The standard InChI is InChI=1S/C40BF28.C25H45N/c42-13-1-5(21(50)37(66)33(13)62)17(46)29(58)25(54)9(1)41(10-2-6(18(47)30(59)26(10)55)22(51)38(67)34(63)14(2)43,11-3-7(19(48)31(60)27(11)56)23(52)39(68)35(64)15(3)44)12-4-8(20(49)32(61)28(12)57)24(53)40(69)36(65)16(4)45;1-3-4-5-6-7-8-9-10-11-12-13-14-15-16-17-21-24-26(2)25-22-19-18-20-23-25/h;18-20,22-23H,3-17,21,24H2,1-2H3/q-1;/p+1. The third-order valence-electron chi connectivity index (χ3n) is 16.9. The molecule has 30 heteroatoms. The normalized spacial score (nSPS) is 12.4. The molecule has 0 saturated heterocycles. The number of para-hydroxylation sites is 1. The molecule has 9 aromatic carbocycles. The Kier molecular flexibility index (Phi) is 22.4. The summed E-state index contributed by atoms with van der Waals surface area (Å²) in [5.41, 5.74) is -14.1. The van der Waals surface area contributed by atoms with Crippen LogP contribution in [-0.2, 0) is 0 Å². The van der Waals surface area contributed by atoms with Crippen LogP contribution in [0, 0.1) is 163 Å². The Morgan fingerprint density at radius 1 is 0.221 bits per heavy atom.